The Labute approximate surface area is 163 Å². The molecule has 4 nitrogen and oxygen atoms in total. The number of alkyl halides is 3. The van der Waals surface area contributed by atoms with Crippen molar-refractivity contribution in [3.63, 3.8) is 0 Å². The Bertz CT molecular complexity index is 966. The third-order valence-corrected chi connectivity index (χ3v) is 4.57. The summed E-state index contributed by atoms with van der Waals surface area (Å²) in [7, 11) is 0. The van der Waals surface area contributed by atoms with Crippen LogP contribution in [0.4, 0.5) is 18.9 Å². The molecule has 0 aromatic heterocycles. The van der Waals surface area contributed by atoms with E-state index in [0.29, 0.717) is 5.56 Å². The number of halogens is 4. The lowest BCUT2D eigenvalue weighted by Gasteiger charge is -2.10. The molecular formula is C20H15ClF3NO3. The van der Waals surface area contributed by atoms with Gasteiger partial charge >= 0.3 is 12.1 Å². The molecule has 0 heterocycles. The summed E-state index contributed by atoms with van der Waals surface area (Å²) >= 11 is 5.60. The zero-order valence-corrected chi connectivity index (χ0v) is 15.1. The van der Waals surface area contributed by atoms with Gasteiger partial charge in [-0.1, -0.05) is 35.9 Å². The van der Waals surface area contributed by atoms with Gasteiger partial charge in [-0.15, -0.1) is 0 Å². The first-order chi connectivity index (χ1) is 13.1. The lowest BCUT2D eigenvalue weighted by atomic mass is 10.1. The summed E-state index contributed by atoms with van der Waals surface area (Å²) < 4.78 is 38.8. The molecule has 1 amide bonds. The summed E-state index contributed by atoms with van der Waals surface area (Å²) in [6, 6.07) is 7.89. The first kappa shape index (κ1) is 19.9. The second kappa shape index (κ2) is 7.67. The number of aromatic carboxylic acids is 1. The highest BCUT2D eigenvalue weighted by atomic mass is 35.5. The van der Waals surface area contributed by atoms with Crippen molar-refractivity contribution < 1.29 is 27.9 Å². The number of hydrogen-bond acceptors (Lipinski definition) is 2. The zero-order chi connectivity index (χ0) is 20.5. The SMILES string of the molecule is O=C(O)c1cc(/C=C/c2ccc(Cl)c(C(F)(F)F)c2)ccc1NC(=O)C1CC1. The molecule has 0 saturated heterocycles. The highest BCUT2D eigenvalue weighted by Gasteiger charge is 2.33. The van der Waals surface area contributed by atoms with E-state index in [2.05, 4.69) is 5.32 Å². The quantitative estimate of drug-likeness (QED) is 0.634. The molecule has 1 aliphatic rings. The van der Waals surface area contributed by atoms with Gasteiger partial charge in [0, 0.05) is 5.92 Å². The van der Waals surface area contributed by atoms with E-state index in [9.17, 15) is 27.9 Å². The maximum Gasteiger partial charge on any atom is 0.417 e. The van der Waals surface area contributed by atoms with Crippen LogP contribution in [-0.2, 0) is 11.0 Å². The zero-order valence-electron chi connectivity index (χ0n) is 14.4. The molecule has 28 heavy (non-hydrogen) atoms. The van der Waals surface area contributed by atoms with Crippen molar-refractivity contribution in [3.05, 3.63) is 63.7 Å². The largest absolute Gasteiger partial charge is 0.478 e. The first-order valence-electron chi connectivity index (χ1n) is 8.38. The fourth-order valence-electron chi connectivity index (χ4n) is 2.59. The van der Waals surface area contributed by atoms with Crippen molar-refractivity contribution in [3.8, 4) is 0 Å². The van der Waals surface area contributed by atoms with Gasteiger partial charge in [-0.2, -0.15) is 13.2 Å². The third-order valence-electron chi connectivity index (χ3n) is 4.24. The molecule has 1 aliphatic carbocycles. The summed E-state index contributed by atoms with van der Waals surface area (Å²) in [5.74, 6) is -1.51. The van der Waals surface area contributed by atoms with E-state index in [1.54, 1.807) is 6.07 Å². The van der Waals surface area contributed by atoms with Crippen molar-refractivity contribution in [2.24, 2.45) is 5.92 Å². The van der Waals surface area contributed by atoms with Gasteiger partial charge in [0.1, 0.15) is 0 Å². The van der Waals surface area contributed by atoms with Crippen LogP contribution in [0.2, 0.25) is 5.02 Å². The van der Waals surface area contributed by atoms with Crippen molar-refractivity contribution in [1.29, 1.82) is 0 Å². The number of nitrogens with one attached hydrogen (secondary N) is 1. The third kappa shape index (κ3) is 4.72. The molecule has 2 N–H and O–H groups in total. The number of benzene rings is 2. The predicted molar refractivity (Wildman–Crippen MR) is 100 cm³/mol. The van der Waals surface area contributed by atoms with E-state index < -0.39 is 22.7 Å². The molecule has 0 unspecified atom stereocenters. The Hall–Kier alpha value is -2.80. The highest BCUT2D eigenvalue weighted by molar-refractivity contribution is 6.31. The Balaban J connectivity index is 1.85. The minimum absolute atomic E-state index is 0.0750. The molecule has 1 fully saturated rings. The minimum atomic E-state index is -4.57. The molecule has 2 aromatic carbocycles. The molecule has 2 aromatic rings. The molecular weight excluding hydrogens is 395 g/mol. The first-order valence-corrected chi connectivity index (χ1v) is 8.76. The molecule has 3 rings (SSSR count). The summed E-state index contributed by atoms with van der Waals surface area (Å²) in [5.41, 5.74) is -0.124. The molecule has 0 atom stereocenters. The number of carbonyl (C=O) groups excluding carboxylic acids is 1. The van der Waals surface area contributed by atoms with Crippen molar-refractivity contribution >= 4 is 41.3 Å². The van der Waals surface area contributed by atoms with Gasteiger partial charge in [0.05, 0.1) is 21.8 Å². The summed E-state index contributed by atoms with van der Waals surface area (Å²) in [6.07, 6.45) is -0.0811. The lowest BCUT2D eigenvalue weighted by Crippen LogP contribution is -2.16. The molecule has 0 spiro atoms. The van der Waals surface area contributed by atoms with Crippen LogP contribution in [0.15, 0.2) is 36.4 Å². The van der Waals surface area contributed by atoms with Crippen LogP contribution in [0.5, 0.6) is 0 Å². The number of rotatable bonds is 5. The molecule has 0 bridgehead atoms. The second-order valence-electron chi connectivity index (χ2n) is 6.44. The van der Waals surface area contributed by atoms with Gasteiger partial charge in [-0.25, -0.2) is 4.79 Å². The van der Waals surface area contributed by atoms with Crippen molar-refractivity contribution in [1.82, 2.24) is 0 Å². The minimum Gasteiger partial charge on any atom is -0.478 e. The van der Waals surface area contributed by atoms with E-state index in [1.807, 2.05) is 0 Å². The van der Waals surface area contributed by atoms with Crippen LogP contribution in [0.3, 0.4) is 0 Å². The standard InChI is InChI=1S/C20H15ClF3NO3/c21-16-7-3-12(10-15(16)20(22,23)24)2-1-11-4-8-17(14(9-11)19(27)28)25-18(26)13-5-6-13/h1-4,7-10,13H,5-6H2,(H,25,26)(H,27,28)/b2-1+. The lowest BCUT2D eigenvalue weighted by molar-refractivity contribution is -0.137. The number of carboxylic acid groups (broad SMARTS) is 1. The van der Waals surface area contributed by atoms with Crippen LogP contribution >= 0.6 is 11.6 Å². The van der Waals surface area contributed by atoms with Crippen LogP contribution in [0.25, 0.3) is 12.2 Å². The monoisotopic (exact) mass is 409 g/mol. The number of hydrogen-bond donors (Lipinski definition) is 2. The Kier molecular flexibility index (Phi) is 5.47. The fourth-order valence-corrected chi connectivity index (χ4v) is 2.81. The summed E-state index contributed by atoms with van der Waals surface area (Å²) in [6.45, 7) is 0. The van der Waals surface area contributed by atoms with Gasteiger partial charge in [-0.05, 0) is 48.2 Å². The van der Waals surface area contributed by atoms with Gasteiger partial charge < -0.3 is 10.4 Å². The highest BCUT2D eigenvalue weighted by Crippen LogP contribution is 2.35. The van der Waals surface area contributed by atoms with Gasteiger partial charge in [0.15, 0.2) is 0 Å². The topological polar surface area (TPSA) is 66.4 Å². The number of amides is 1. The maximum absolute atomic E-state index is 12.9. The van der Waals surface area contributed by atoms with E-state index in [-0.39, 0.29) is 28.6 Å². The molecule has 146 valence electrons. The number of carboxylic acids is 1. The van der Waals surface area contributed by atoms with Crippen LogP contribution in [0.1, 0.15) is 39.9 Å². The number of carbonyl (C=O) groups is 2. The van der Waals surface area contributed by atoms with Gasteiger partial charge in [0.25, 0.3) is 0 Å². The second-order valence-corrected chi connectivity index (χ2v) is 6.85. The molecule has 0 radical (unpaired) electrons. The van der Waals surface area contributed by atoms with Crippen LogP contribution in [-0.4, -0.2) is 17.0 Å². The van der Waals surface area contributed by atoms with Crippen LogP contribution in [0, 0.1) is 5.92 Å². The average molecular weight is 410 g/mol. The van der Waals surface area contributed by atoms with E-state index in [0.717, 1.165) is 25.0 Å². The summed E-state index contributed by atoms with van der Waals surface area (Å²) in [5, 5.41) is 11.6. The van der Waals surface area contributed by atoms with Crippen molar-refractivity contribution in [2.45, 2.75) is 19.0 Å². The maximum atomic E-state index is 12.9. The normalized spacial score (nSPS) is 14.3. The van der Waals surface area contributed by atoms with Gasteiger partial charge in [-0.3, -0.25) is 4.79 Å². The van der Waals surface area contributed by atoms with E-state index in [1.165, 1.54) is 30.4 Å². The van der Waals surface area contributed by atoms with Crippen molar-refractivity contribution in [2.75, 3.05) is 5.32 Å². The fraction of sp³-hybridized carbons (Fsp3) is 0.200. The Morgan fingerprint density at radius 2 is 1.68 bits per heavy atom. The van der Waals surface area contributed by atoms with E-state index >= 15 is 0 Å². The summed E-state index contributed by atoms with van der Waals surface area (Å²) in [4.78, 5) is 23.4. The Morgan fingerprint density at radius 1 is 1.07 bits per heavy atom. The molecule has 1 saturated carbocycles. The van der Waals surface area contributed by atoms with Gasteiger partial charge in [0.2, 0.25) is 5.91 Å². The molecule has 0 aliphatic heterocycles. The average Bonchev–Trinajstić information content (AvgIpc) is 3.46. The van der Waals surface area contributed by atoms with E-state index in [4.69, 9.17) is 11.6 Å². The van der Waals surface area contributed by atoms with Crippen LogP contribution < -0.4 is 5.32 Å². The smallest absolute Gasteiger partial charge is 0.417 e. The molecule has 8 heteroatoms. The predicted octanol–water partition coefficient (Wildman–Crippen LogP) is 5.58. The number of anilines is 1. The Morgan fingerprint density at radius 3 is 2.25 bits per heavy atom.